The molecule has 1 aromatic heterocycles. The van der Waals surface area contributed by atoms with E-state index in [1.807, 2.05) is 6.20 Å². The molecule has 1 unspecified atom stereocenters. The molecule has 13 heavy (non-hydrogen) atoms. The largest absolute Gasteiger partial charge is 0.261 e. The molecule has 0 N–H and O–H groups in total. The van der Waals surface area contributed by atoms with Crippen molar-refractivity contribution in [3.8, 4) is 0 Å². The molecule has 0 spiro atoms. The van der Waals surface area contributed by atoms with Crippen LogP contribution in [-0.4, -0.2) is 4.98 Å². The van der Waals surface area contributed by atoms with Crippen LogP contribution in [0.4, 0.5) is 0 Å². The Morgan fingerprint density at radius 3 is 3.15 bits per heavy atom. The van der Waals surface area contributed by atoms with Crippen molar-refractivity contribution in [1.29, 1.82) is 0 Å². The minimum atomic E-state index is 0.899. The summed E-state index contributed by atoms with van der Waals surface area (Å²) in [6.07, 6.45) is 7.08. The van der Waals surface area contributed by atoms with Crippen molar-refractivity contribution in [3.63, 3.8) is 0 Å². The zero-order valence-electron chi connectivity index (χ0n) is 8.51. The molecule has 0 fully saturated rings. The predicted octanol–water partition coefficient (Wildman–Crippen LogP) is 2.90. The summed E-state index contributed by atoms with van der Waals surface area (Å²) >= 11 is 0. The minimum absolute atomic E-state index is 0.899. The summed E-state index contributed by atoms with van der Waals surface area (Å²) in [6, 6.07) is 2.31. The third-order valence-corrected chi connectivity index (χ3v) is 3.07. The van der Waals surface area contributed by atoms with Crippen LogP contribution in [0, 0.1) is 12.8 Å². The quantitative estimate of drug-likeness (QED) is 0.639. The highest BCUT2D eigenvalue weighted by Gasteiger charge is 2.17. The van der Waals surface area contributed by atoms with Crippen molar-refractivity contribution in [2.45, 2.75) is 39.5 Å². The molecule has 0 amide bonds. The SMILES string of the molecule is CCC1CCc2ncc(C)cc2C1. The molecule has 1 nitrogen and oxygen atoms in total. The lowest BCUT2D eigenvalue weighted by molar-refractivity contribution is 0.439. The monoisotopic (exact) mass is 175 g/mol. The zero-order chi connectivity index (χ0) is 9.26. The van der Waals surface area contributed by atoms with Crippen molar-refractivity contribution in [2.75, 3.05) is 0 Å². The first-order valence-corrected chi connectivity index (χ1v) is 5.24. The Kier molecular flexibility index (Phi) is 2.34. The van der Waals surface area contributed by atoms with Gasteiger partial charge in [0.15, 0.2) is 0 Å². The van der Waals surface area contributed by atoms with Crippen LogP contribution in [0.1, 0.15) is 36.6 Å². The first-order chi connectivity index (χ1) is 6.29. The normalized spacial score (nSPS) is 21.2. The van der Waals surface area contributed by atoms with Crippen LogP contribution in [0.3, 0.4) is 0 Å². The molecule has 0 saturated heterocycles. The average Bonchev–Trinajstić information content (AvgIpc) is 2.16. The summed E-state index contributed by atoms with van der Waals surface area (Å²) < 4.78 is 0. The molecule has 0 radical (unpaired) electrons. The summed E-state index contributed by atoms with van der Waals surface area (Å²) in [5, 5.41) is 0. The van der Waals surface area contributed by atoms with Crippen molar-refractivity contribution in [2.24, 2.45) is 5.92 Å². The van der Waals surface area contributed by atoms with E-state index < -0.39 is 0 Å². The van der Waals surface area contributed by atoms with Crippen LogP contribution in [0.5, 0.6) is 0 Å². The molecule has 0 aliphatic heterocycles. The molecular weight excluding hydrogens is 158 g/mol. The number of hydrogen-bond donors (Lipinski definition) is 0. The van der Waals surface area contributed by atoms with Gasteiger partial charge < -0.3 is 0 Å². The number of pyridine rings is 1. The number of rotatable bonds is 1. The van der Waals surface area contributed by atoms with Gasteiger partial charge in [0.05, 0.1) is 0 Å². The van der Waals surface area contributed by atoms with E-state index in [0.29, 0.717) is 0 Å². The van der Waals surface area contributed by atoms with Crippen LogP contribution in [0.2, 0.25) is 0 Å². The molecule has 1 aliphatic rings. The fourth-order valence-corrected chi connectivity index (χ4v) is 2.16. The number of aryl methyl sites for hydroxylation is 2. The van der Waals surface area contributed by atoms with Gasteiger partial charge in [-0.1, -0.05) is 19.4 Å². The summed E-state index contributed by atoms with van der Waals surface area (Å²) in [7, 11) is 0. The van der Waals surface area contributed by atoms with E-state index in [9.17, 15) is 0 Å². The molecule has 1 heterocycles. The highest BCUT2D eigenvalue weighted by molar-refractivity contribution is 5.27. The van der Waals surface area contributed by atoms with E-state index >= 15 is 0 Å². The van der Waals surface area contributed by atoms with Gasteiger partial charge in [0.1, 0.15) is 0 Å². The lowest BCUT2D eigenvalue weighted by atomic mass is 9.85. The molecule has 1 atom stereocenters. The second-order valence-corrected chi connectivity index (χ2v) is 4.14. The molecule has 1 heteroatoms. The third kappa shape index (κ3) is 1.74. The van der Waals surface area contributed by atoms with E-state index in [0.717, 1.165) is 5.92 Å². The second-order valence-electron chi connectivity index (χ2n) is 4.14. The first-order valence-electron chi connectivity index (χ1n) is 5.24. The van der Waals surface area contributed by atoms with Crippen molar-refractivity contribution in [1.82, 2.24) is 4.98 Å². The Hall–Kier alpha value is -0.850. The molecule has 2 rings (SSSR count). The molecule has 1 aromatic rings. The van der Waals surface area contributed by atoms with Gasteiger partial charge >= 0.3 is 0 Å². The minimum Gasteiger partial charge on any atom is -0.261 e. The fourth-order valence-electron chi connectivity index (χ4n) is 2.16. The maximum absolute atomic E-state index is 4.49. The van der Waals surface area contributed by atoms with Crippen molar-refractivity contribution < 1.29 is 0 Å². The van der Waals surface area contributed by atoms with Crippen molar-refractivity contribution >= 4 is 0 Å². The zero-order valence-corrected chi connectivity index (χ0v) is 8.51. The molecule has 0 saturated carbocycles. The van der Waals surface area contributed by atoms with Gasteiger partial charge in [-0.25, -0.2) is 0 Å². The van der Waals surface area contributed by atoms with Crippen LogP contribution >= 0.6 is 0 Å². The van der Waals surface area contributed by atoms with Gasteiger partial charge in [0.2, 0.25) is 0 Å². The van der Waals surface area contributed by atoms with Gasteiger partial charge in [-0.2, -0.15) is 0 Å². The van der Waals surface area contributed by atoms with Crippen molar-refractivity contribution in [3.05, 3.63) is 29.1 Å². The Bertz CT molecular complexity index is 304. The number of nitrogens with zero attached hydrogens (tertiary/aromatic N) is 1. The van der Waals surface area contributed by atoms with Gasteiger partial charge in [-0.3, -0.25) is 4.98 Å². The summed E-state index contributed by atoms with van der Waals surface area (Å²) in [5.74, 6) is 0.899. The van der Waals surface area contributed by atoms with Gasteiger partial charge in [-0.05, 0) is 43.2 Å². The average molecular weight is 175 g/mol. The van der Waals surface area contributed by atoms with Gasteiger partial charge in [0, 0.05) is 11.9 Å². The molecular formula is C12H17N. The summed E-state index contributed by atoms with van der Waals surface area (Å²) in [5.41, 5.74) is 4.14. The first kappa shape index (κ1) is 8.74. The maximum atomic E-state index is 4.49. The van der Waals surface area contributed by atoms with Crippen LogP contribution in [0.15, 0.2) is 12.3 Å². The van der Waals surface area contributed by atoms with Crippen LogP contribution in [0.25, 0.3) is 0 Å². The smallest absolute Gasteiger partial charge is 0.0435 e. The van der Waals surface area contributed by atoms with Crippen LogP contribution < -0.4 is 0 Å². The summed E-state index contributed by atoms with van der Waals surface area (Å²) in [6.45, 7) is 4.42. The summed E-state index contributed by atoms with van der Waals surface area (Å²) in [4.78, 5) is 4.49. The molecule has 0 aromatic carbocycles. The molecule has 0 bridgehead atoms. The maximum Gasteiger partial charge on any atom is 0.0435 e. The van der Waals surface area contributed by atoms with E-state index in [1.165, 1.54) is 42.5 Å². The Morgan fingerprint density at radius 1 is 1.54 bits per heavy atom. The predicted molar refractivity (Wildman–Crippen MR) is 54.8 cm³/mol. The lowest BCUT2D eigenvalue weighted by Gasteiger charge is -2.22. The second kappa shape index (κ2) is 3.49. The van der Waals surface area contributed by atoms with E-state index in [1.54, 1.807) is 0 Å². The third-order valence-electron chi connectivity index (χ3n) is 3.07. The number of fused-ring (bicyclic) bond motifs is 1. The molecule has 1 aliphatic carbocycles. The number of aromatic nitrogens is 1. The van der Waals surface area contributed by atoms with E-state index in [4.69, 9.17) is 0 Å². The van der Waals surface area contributed by atoms with E-state index in [2.05, 4.69) is 24.9 Å². The Labute approximate surface area is 80.2 Å². The topological polar surface area (TPSA) is 12.9 Å². The lowest BCUT2D eigenvalue weighted by Crippen LogP contribution is -2.14. The highest BCUT2D eigenvalue weighted by Crippen LogP contribution is 2.26. The number of hydrogen-bond acceptors (Lipinski definition) is 1. The van der Waals surface area contributed by atoms with Gasteiger partial charge in [-0.15, -0.1) is 0 Å². The molecule has 70 valence electrons. The fraction of sp³-hybridized carbons (Fsp3) is 0.583. The van der Waals surface area contributed by atoms with Gasteiger partial charge in [0.25, 0.3) is 0 Å². The standard InChI is InChI=1S/C12H17N/c1-3-10-4-5-12-11(7-10)6-9(2)8-13-12/h6,8,10H,3-5,7H2,1-2H3. The Morgan fingerprint density at radius 2 is 2.38 bits per heavy atom. The van der Waals surface area contributed by atoms with Crippen LogP contribution in [-0.2, 0) is 12.8 Å². The Balaban J connectivity index is 2.27. The van der Waals surface area contributed by atoms with E-state index in [-0.39, 0.29) is 0 Å². The highest BCUT2D eigenvalue weighted by atomic mass is 14.7.